The Hall–Kier alpha value is -1.10. The molecular formula is C13H22O5. The van der Waals surface area contributed by atoms with E-state index >= 15 is 0 Å². The van der Waals surface area contributed by atoms with Crippen molar-refractivity contribution < 1.29 is 24.2 Å². The van der Waals surface area contributed by atoms with Crippen LogP contribution in [0.1, 0.15) is 39.5 Å². The van der Waals surface area contributed by atoms with Crippen molar-refractivity contribution in [1.29, 1.82) is 0 Å². The zero-order valence-corrected chi connectivity index (χ0v) is 11.1. The van der Waals surface area contributed by atoms with E-state index in [0.29, 0.717) is 18.9 Å². The average Bonchev–Trinajstić information content (AvgIpc) is 3.11. The van der Waals surface area contributed by atoms with Gasteiger partial charge in [-0.3, -0.25) is 9.59 Å². The molecule has 5 nitrogen and oxygen atoms in total. The molecule has 1 aliphatic rings. The molecule has 5 heteroatoms. The van der Waals surface area contributed by atoms with Crippen LogP contribution in [0.4, 0.5) is 0 Å². The summed E-state index contributed by atoms with van der Waals surface area (Å²) in [5, 5.41) is 9.35. The summed E-state index contributed by atoms with van der Waals surface area (Å²) in [7, 11) is 0. The Morgan fingerprint density at radius 3 is 2.44 bits per heavy atom. The molecule has 0 aliphatic heterocycles. The fourth-order valence-electron chi connectivity index (χ4n) is 1.87. The van der Waals surface area contributed by atoms with E-state index in [1.165, 1.54) is 0 Å². The van der Waals surface area contributed by atoms with Crippen LogP contribution in [-0.2, 0) is 19.1 Å². The van der Waals surface area contributed by atoms with Crippen LogP contribution in [0.2, 0.25) is 0 Å². The number of carbonyl (C=O) groups is 2. The van der Waals surface area contributed by atoms with E-state index in [4.69, 9.17) is 9.47 Å². The molecule has 1 unspecified atom stereocenters. The van der Waals surface area contributed by atoms with E-state index in [1.807, 2.05) is 6.92 Å². The third-order valence-electron chi connectivity index (χ3n) is 3.15. The minimum absolute atomic E-state index is 0.0918. The highest BCUT2D eigenvalue weighted by atomic mass is 16.5. The van der Waals surface area contributed by atoms with E-state index in [-0.39, 0.29) is 19.6 Å². The van der Waals surface area contributed by atoms with Crippen LogP contribution in [0.25, 0.3) is 0 Å². The smallest absolute Gasteiger partial charge is 0.325 e. The molecule has 0 bridgehead atoms. The van der Waals surface area contributed by atoms with Gasteiger partial charge in [-0.25, -0.2) is 0 Å². The number of rotatable bonds is 9. The molecule has 0 heterocycles. The van der Waals surface area contributed by atoms with Crippen molar-refractivity contribution in [1.82, 2.24) is 0 Å². The van der Waals surface area contributed by atoms with Crippen LogP contribution in [-0.4, -0.2) is 36.9 Å². The summed E-state index contributed by atoms with van der Waals surface area (Å²) in [6.45, 7) is 4.14. The monoisotopic (exact) mass is 258 g/mol. The Morgan fingerprint density at radius 2 is 2.00 bits per heavy atom. The Kier molecular flexibility index (Phi) is 5.59. The van der Waals surface area contributed by atoms with Crippen LogP contribution < -0.4 is 0 Å². The first-order valence-corrected chi connectivity index (χ1v) is 6.55. The van der Waals surface area contributed by atoms with Gasteiger partial charge in [-0.1, -0.05) is 13.3 Å². The summed E-state index contributed by atoms with van der Waals surface area (Å²) < 4.78 is 10.3. The molecule has 1 N–H and O–H groups in total. The van der Waals surface area contributed by atoms with Gasteiger partial charge in [0.15, 0.2) is 5.41 Å². The third-order valence-corrected chi connectivity index (χ3v) is 3.15. The summed E-state index contributed by atoms with van der Waals surface area (Å²) in [5.41, 5.74) is -1.54. The number of carboxylic acid groups (broad SMARTS) is 1. The highest BCUT2D eigenvalue weighted by molar-refractivity contribution is 5.99. The lowest BCUT2D eigenvalue weighted by atomic mass is 9.84. The second-order valence-corrected chi connectivity index (χ2v) is 4.82. The number of hydrogen-bond acceptors (Lipinski definition) is 4. The van der Waals surface area contributed by atoms with Gasteiger partial charge in [-0.15, -0.1) is 0 Å². The fourth-order valence-corrected chi connectivity index (χ4v) is 1.87. The molecule has 0 saturated heterocycles. The number of carbonyl (C=O) groups excluding carboxylic acids is 1. The van der Waals surface area contributed by atoms with Crippen molar-refractivity contribution in [2.75, 3.05) is 19.8 Å². The van der Waals surface area contributed by atoms with Gasteiger partial charge in [0.05, 0.1) is 13.2 Å². The topological polar surface area (TPSA) is 72.8 Å². The Bertz CT molecular complexity index is 298. The van der Waals surface area contributed by atoms with Crippen molar-refractivity contribution >= 4 is 11.9 Å². The molecular weight excluding hydrogens is 236 g/mol. The minimum atomic E-state index is -1.54. The van der Waals surface area contributed by atoms with Crippen molar-refractivity contribution in [3.63, 3.8) is 0 Å². The molecule has 1 rings (SSSR count). The van der Waals surface area contributed by atoms with E-state index < -0.39 is 17.4 Å². The molecule has 1 aliphatic carbocycles. The van der Waals surface area contributed by atoms with Gasteiger partial charge in [0.2, 0.25) is 0 Å². The molecule has 0 spiro atoms. The van der Waals surface area contributed by atoms with E-state index in [2.05, 4.69) is 0 Å². The summed E-state index contributed by atoms with van der Waals surface area (Å²) in [5.74, 6) is -1.30. The molecule has 0 aromatic rings. The van der Waals surface area contributed by atoms with Gasteiger partial charge in [-0.2, -0.15) is 0 Å². The standard InChI is InChI=1S/C13H22O5/c1-3-7-13(11(14)15,12(16)18-4-2)9-17-8-10-5-6-10/h10H,3-9H2,1-2H3,(H,14,15). The predicted octanol–water partition coefficient (Wildman–Crippen LogP) is 1.85. The molecule has 1 saturated carbocycles. The lowest BCUT2D eigenvalue weighted by molar-refractivity contribution is -0.174. The maximum Gasteiger partial charge on any atom is 0.325 e. The minimum Gasteiger partial charge on any atom is -0.480 e. The molecule has 1 fully saturated rings. The zero-order valence-electron chi connectivity index (χ0n) is 11.1. The van der Waals surface area contributed by atoms with E-state index in [1.54, 1.807) is 6.92 Å². The van der Waals surface area contributed by atoms with Crippen LogP contribution in [0.15, 0.2) is 0 Å². The number of hydrogen-bond donors (Lipinski definition) is 1. The van der Waals surface area contributed by atoms with Gasteiger partial charge in [0, 0.05) is 6.61 Å². The molecule has 18 heavy (non-hydrogen) atoms. The van der Waals surface area contributed by atoms with Crippen molar-refractivity contribution in [2.45, 2.75) is 39.5 Å². The van der Waals surface area contributed by atoms with Crippen LogP contribution in [0, 0.1) is 11.3 Å². The summed E-state index contributed by atoms with van der Waals surface area (Å²) in [6.07, 6.45) is 3.10. The summed E-state index contributed by atoms with van der Waals surface area (Å²) in [6, 6.07) is 0. The van der Waals surface area contributed by atoms with Gasteiger partial charge in [-0.05, 0) is 32.1 Å². The first-order chi connectivity index (χ1) is 8.56. The summed E-state index contributed by atoms with van der Waals surface area (Å²) >= 11 is 0. The molecule has 0 radical (unpaired) electrons. The SMILES string of the molecule is CCCC(COCC1CC1)(C(=O)O)C(=O)OCC. The number of esters is 1. The quantitative estimate of drug-likeness (QED) is 0.504. The third kappa shape index (κ3) is 3.70. The Balaban J connectivity index is 2.67. The number of carboxylic acids is 1. The van der Waals surface area contributed by atoms with Crippen LogP contribution >= 0.6 is 0 Å². The Labute approximate surface area is 107 Å². The van der Waals surface area contributed by atoms with Gasteiger partial charge in [0.25, 0.3) is 0 Å². The maximum absolute atomic E-state index is 11.9. The number of aliphatic carboxylic acids is 1. The number of ether oxygens (including phenoxy) is 2. The van der Waals surface area contributed by atoms with Crippen LogP contribution in [0.5, 0.6) is 0 Å². The van der Waals surface area contributed by atoms with Gasteiger partial charge in [0.1, 0.15) is 0 Å². The highest BCUT2D eigenvalue weighted by Crippen LogP contribution is 2.31. The van der Waals surface area contributed by atoms with E-state index in [0.717, 1.165) is 12.8 Å². The molecule has 0 aromatic carbocycles. The van der Waals surface area contributed by atoms with Crippen molar-refractivity contribution in [2.24, 2.45) is 11.3 Å². The molecule has 0 aromatic heterocycles. The molecule has 104 valence electrons. The van der Waals surface area contributed by atoms with Gasteiger partial charge >= 0.3 is 11.9 Å². The lowest BCUT2D eigenvalue weighted by Crippen LogP contribution is -2.44. The maximum atomic E-state index is 11.9. The molecule has 0 amide bonds. The first kappa shape index (κ1) is 15.0. The zero-order chi connectivity index (χ0) is 13.6. The van der Waals surface area contributed by atoms with Crippen molar-refractivity contribution in [3.05, 3.63) is 0 Å². The normalized spacial score (nSPS) is 18.1. The van der Waals surface area contributed by atoms with Crippen molar-refractivity contribution in [3.8, 4) is 0 Å². The average molecular weight is 258 g/mol. The molecule has 1 atom stereocenters. The lowest BCUT2D eigenvalue weighted by Gasteiger charge is -2.26. The second kappa shape index (κ2) is 6.73. The highest BCUT2D eigenvalue weighted by Gasteiger charge is 2.47. The summed E-state index contributed by atoms with van der Waals surface area (Å²) in [4.78, 5) is 23.3. The van der Waals surface area contributed by atoms with Gasteiger partial charge < -0.3 is 14.6 Å². The van der Waals surface area contributed by atoms with E-state index in [9.17, 15) is 14.7 Å². The Morgan fingerprint density at radius 1 is 1.33 bits per heavy atom. The predicted molar refractivity (Wildman–Crippen MR) is 65.2 cm³/mol. The fraction of sp³-hybridized carbons (Fsp3) is 0.846. The first-order valence-electron chi connectivity index (χ1n) is 6.55. The second-order valence-electron chi connectivity index (χ2n) is 4.82. The largest absolute Gasteiger partial charge is 0.480 e. The van der Waals surface area contributed by atoms with Crippen LogP contribution in [0.3, 0.4) is 0 Å².